The first-order valence-electron chi connectivity index (χ1n) is 12.7. The standard InChI is InChI=1S/C26H46NO4P/c1-3-4-5-6-7-8-9-10-11-12-13-14-15-16-17-22-26(28)27(2)25-21-19-18-20-24(25)23-32(29,30)31/h18-21H,3-17,22-23H2,1-2H3,(H2,29,30,31). The summed E-state index contributed by atoms with van der Waals surface area (Å²) in [6, 6.07) is 6.94. The van der Waals surface area contributed by atoms with Crippen molar-refractivity contribution in [2.45, 2.75) is 116 Å². The van der Waals surface area contributed by atoms with Gasteiger partial charge in [-0.15, -0.1) is 0 Å². The van der Waals surface area contributed by atoms with Crippen LogP contribution in [0.3, 0.4) is 0 Å². The smallest absolute Gasteiger partial charge is 0.324 e. The zero-order valence-electron chi connectivity index (χ0n) is 20.4. The molecule has 2 N–H and O–H groups in total. The Bertz CT molecular complexity index is 674. The zero-order chi connectivity index (χ0) is 23.7. The fraction of sp³-hybridized carbons (Fsp3) is 0.731. The quantitative estimate of drug-likeness (QED) is 0.162. The lowest BCUT2D eigenvalue weighted by atomic mass is 10.0. The highest BCUT2D eigenvalue weighted by Gasteiger charge is 2.20. The number of para-hydroxylation sites is 1. The van der Waals surface area contributed by atoms with Crippen LogP contribution in [-0.2, 0) is 15.5 Å². The van der Waals surface area contributed by atoms with Crippen molar-refractivity contribution in [3.05, 3.63) is 29.8 Å². The van der Waals surface area contributed by atoms with E-state index in [9.17, 15) is 19.1 Å². The monoisotopic (exact) mass is 467 g/mol. The molecule has 0 spiro atoms. The molecule has 1 aromatic rings. The van der Waals surface area contributed by atoms with Crippen molar-refractivity contribution < 1.29 is 19.1 Å². The molecule has 0 aromatic heterocycles. The van der Waals surface area contributed by atoms with Crippen molar-refractivity contribution in [2.75, 3.05) is 11.9 Å². The molecule has 0 aliphatic carbocycles. The molecule has 5 nitrogen and oxygen atoms in total. The normalized spacial score (nSPS) is 11.6. The zero-order valence-corrected chi connectivity index (χ0v) is 21.3. The van der Waals surface area contributed by atoms with Crippen molar-refractivity contribution in [1.82, 2.24) is 0 Å². The first-order chi connectivity index (χ1) is 15.3. The second kappa shape index (κ2) is 17.3. The Labute approximate surface area is 196 Å². The van der Waals surface area contributed by atoms with E-state index in [1.54, 1.807) is 31.3 Å². The molecule has 184 valence electrons. The molecule has 0 radical (unpaired) electrons. The molecule has 1 aromatic carbocycles. The van der Waals surface area contributed by atoms with Gasteiger partial charge in [0, 0.05) is 19.2 Å². The van der Waals surface area contributed by atoms with Crippen molar-refractivity contribution >= 4 is 19.2 Å². The minimum Gasteiger partial charge on any atom is -0.324 e. The minimum absolute atomic E-state index is 0.00199. The number of benzene rings is 1. The molecule has 0 saturated heterocycles. The average Bonchev–Trinajstić information content (AvgIpc) is 2.75. The first kappa shape index (κ1) is 28.9. The summed E-state index contributed by atoms with van der Waals surface area (Å²) in [6.07, 6.45) is 19.5. The number of unbranched alkanes of at least 4 members (excludes halogenated alkanes) is 14. The lowest BCUT2D eigenvalue weighted by Crippen LogP contribution is -2.26. The van der Waals surface area contributed by atoms with E-state index < -0.39 is 7.60 Å². The van der Waals surface area contributed by atoms with Crippen LogP contribution in [0, 0.1) is 0 Å². The lowest BCUT2D eigenvalue weighted by molar-refractivity contribution is -0.118. The predicted molar refractivity (Wildman–Crippen MR) is 135 cm³/mol. The Morgan fingerprint density at radius 2 is 1.22 bits per heavy atom. The molecule has 6 heteroatoms. The Morgan fingerprint density at radius 1 is 0.781 bits per heavy atom. The van der Waals surface area contributed by atoms with Gasteiger partial charge in [0.1, 0.15) is 0 Å². The van der Waals surface area contributed by atoms with Crippen LogP contribution in [0.4, 0.5) is 5.69 Å². The summed E-state index contributed by atoms with van der Waals surface area (Å²) in [6.45, 7) is 2.26. The summed E-state index contributed by atoms with van der Waals surface area (Å²) >= 11 is 0. The molecular weight excluding hydrogens is 421 g/mol. The van der Waals surface area contributed by atoms with Gasteiger partial charge in [0.2, 0.25) is 5.91 Å². The molecule has 0 heterocycles. The number of rotatable bonds is 19. The minimum atomic E-state index is -4.18. The van der Waals surface area contributed by atoms with Crippen molar-refractivity contribution in [1.29, 1.82) is 0 Å². The van der Waals surface area contributed by atoms with Gasteiger partial charge in [0.05, 0.1) is 6.16 Å². The lowest BCUT2D eigenvalue weighted by Gasteiger charge is -2.21. The Morgan fingerprint density at radius 3 is 1.69 bits per heavy atom. The largest absolute Gasteiger partial charge is 0.329 e. The van der Waals surface area contributed by atoms with E-state index in [1.165, 1.54) is 88.4 Å². The summed E-state index contributed by atoms with van der Waals surface area (Å²) in [5.41, 5.74) is 1.09. The molecule has 0 unspecified atom stereocenters. The van der Waals surface area contributed by atoms with Crippen LogP contribution in [0.15, 0.2) is 24.3 Å². The van der Waals surface area contributed by atoms with Gasteiger partial charge in [0.15, 0.2) is 0 Å². The molecule has 0 atom stereocenters. The molecule has 0 bridgehead atoms. The first-order valence-corrected chi connectivity index (χ1v) is 14.5. The molecule has 0 fully saturated rings. The summed E-state index contributed by atoms with van der Waals surface area (Å²) in [7, 11) is -2.49. The highest BCUT2D eigenvalue weighted by atomic mass is 31.2. The maximum absolute atomic E-state index is 12.5. The fourth-order valence-electron chi connectivity index (χ4n) is 4.14. The van der Waals surface area contributed by atoms with Crippen LogP contribution >= 0.6 is 7.60 Å². The molecule has 0 saturated carbocycles. The van der Waals surface area contributed by atoms with Crippen LogP contribution in [0.1, 0.15) is 115 Å². The van der Waals surface area contributed by atoms with Gasteiger partial charge in [-0.1, -0.05) is 115 Å². The van der Waals surface area contributed by atoms with Crippen LogP contribution in [0.25, 0.3) is 0 Å². The van der Waals surface area contributed by atoms with E-state index in [2.05, 4.69) is 6.92 Å². The van der Waals surface area contributed by atoms with Gasteiger partial charge in [-0.2, -0.15) is 0 Å². The maximum atomic E-state index is 12.5. The third-order valence-corrected chi connectivity index (χ3v) is 6.85. The number of carbonyl (C=O) groups is 1. The van der Waals surface area contributed by atoms with Crippen LogP contribution in [0.5, 0.6) is 0 Å². The molecule has 0 aliphatic heterocycles. The van der Waals surface area contributed by atoms with Crippen molar-refractivity contribution in [2.24, 2.45) is 0 Å². The van der Waals surface area contributed by atoms with Crippen LogP contribution in [0.2, 0.25) is 0 Å². The topological polar surface area (TPSA) is 77.8 Å². The summed E-state index contributed by atoms with van der Waals surface area (Å²) in [4.78, 5) is 32.6. The number of hydrogen-bond acceptors (Lipinski definition) is 2. The third-order valence-electron chi connectivity index (χ3n) is 6.10. The van der Waals surface area contributed by atoms with Gasteiger partial charge >= 0.3 is 7.60 Å². The number of amides is 1. The van der Waals surface area contributed by atoms with E-state index in [-0.39, 0.29) is 12.1 Å². The number of anilines is 1. The summed E-state index contributed by atoms with van der Waals surface area (Å²) in [5.74, 6) is -0.00199. The SMILES string of the molecule is CCCCCCCCCCCCCCCCCC(=O)N(C)c1ccccc1CP(=O)(O)O. The van der Waals surface area contributed by atoms with Gasteiger partial charge in [-0.05, 0) is 18.1 Å². The maximum Gasteiger partial charge on any atom is 0.329 e. The fourth-order valence-corrected chi connectivity index (χ4v) is 4.85. The number of nitrogens with zero attached hydrogens (tertiary/aromatic N) is 1. The third kappa shape index (κ3) is 14.1. The second-order valence-corrected chi connectivity index (χ2v) is 10.7. The van der Waals surface area contributed by atoms with Gasteiger partial charge in [-0.3, -0.25) is 9.36 Å². The van der Waals surface area contributed by atoms with Crippen molar-refractivity contribution in [3.63, 3.8) is 0 Å². The molecule has 0 aliphatic rings. The van der Waals surface area contributed by atoms with E-state index >= 15 is 0 Å². The van der Waals surface area contributed by atoms with Gasteiger partial charge in [0.25, 0.3) is 0 Å². The Balaban J connectivity index is 2.08. The van der Waals surface area contributed by atoms with Crippen LogP contribution < -0.4 is 4.90 Å². The highest BCUT2D eigenvalue weighted by Crippen LogP contribution is 2.41. The van der Waals surface area contributed by atoms with E-state index in [0.29, 0.717) is 17.7 Å². The van der Waals surface area contributed by atoms with Crippen LogP contribution in [-0.4, -0.2) is 22.7 Å². The Kier molecular flexibility index (Phi) is 15.6. The molecule has 32 heavy (non-hydrogen) atoms. The van der Waals surface area contributed by atoms with E-state index in [4.69, 9.17) is 0 Å². The summed E-state index contributed by atoms with van der Waals surface area (Å²) < 4.78 is 11.4. The molecular formula is C26H46NO4P. The Hall–Kier alpha value is -1.16. The average molecular weight is 468 g/mol. The van der Waals surface area contributed by atoms with Gasteiger partial charge < -0.3 is 14.7 Å². The van der Waals surface area contributed by atoms with Gasteiger partial charge in [-0.25, -0.2) is 0 Å². The summed E-state index contributed by atoms with van der Waals surface area (Å²) in [5, 5.41) is 0. The van der Waals surface area contributed by atoms with E-state index in [0.717, 1.165) is 12.8 Å². The number of hydrogen-bond donors (Lipinski definition) is 2. The molecule has 1 rings (SSSR count). The number of carbonyl (C=O) groups excluding carboxylic acids is 1. The van der Waals surface area contributed by atoms with E-state index in [1.807, 2.05) is 0 Å². The second-order valence-electron chi connectivity index (χ2n) is 9.10. The van der Waals surface area contributed by atoms with Crippen molar-refractivity contribution in [3.8, 4) is 0 Å². The highest BCUT2D eigenvalue weighted by molar-refractivity contribution is 7.50. The predicted octanol–water partition coefficient (Wildman–Crippen LogP) is 7.59. The molecule has 1 amide bonds.